The Balaban J connectivity index is 2.01. The summed E-state index contributed by atoms with van der Waals surface area (Å²) in [6, 6.07) is 0. The predicted octanol–water partition coefficient (Wildman–Crippen LogP) is 1.66. The Labute approximate surface area is 175 Å². The molecule has 0 aromatic rings. The van der Waals surface area contributed by atoms with Crippen LogP contribution in [-0.2, 0) is 33.3 Å². The monoisotopic (exact) mass is 420 g/mol. The van der Waals surface area contributed by atoms with E-state index in [0.717, 1.165) is 0 Å². The van der Waals surface area contributed by atoms with Gasteiger partial charge in [0.05, 0.1) is 33.7 Å². The molecule has 0 radical (unpaired) electrons. The Morgan fingerprint density at radius 1 is 1.03 bits per heavy atom. The van der Waals surface area contributed by atoms with Crippen molar-refractivity contribution in [3.8, 4) is 0 Å². The molecule has 3 aliphatic carbocycles. The lowest BCUT2D eigenvalue weighted by Gasteiger charge is -2.65. The molecule has 1 aliphatic heterocycles. The fourth-order valence-electron chi connectivity index (χ4n) is 6.59. The quantitative estimate of drug-likeness (QED) is 0.687. The van der Waals surface area contributed by atoms with E-state index in [0.29, 0.717) is 24.2 Å². The third-order valence-corrected chi connectivity index (χ3v) is 8.26. The fourth-order valence-corrected chi connectivity index (χ4v) is 6.59. The second-order valence-electron chi connectivity index (χ2n) is 9.16. The van der Waals surface area contributed by atoms with Gasteiger partial charge in [0.2, 0.25) is 11.6 Å². The van der Waals surface area contributed by atoms with Crippen LogP contribution >= 0.6 is 0 Å². The van der Waals surface area contributed by atoms with Gasteiger partial charge in [0.1, 0.15) is 17.5 Å². The lowest BCUT2D eigenvalue weighted by molar-refractivity contribution is -0.251. The Morgan fingerprint density at radius 2 is 1.67 bits per heavy atom. The van der Waals surface area contributed by atoms with Crippen molar-refractivity contribution in [2.24, 2.45) is 22.7 Å². The molecule has 0 bridgehead atoms. The topological polar surface area (TPSA) is 108 Å². The molecule has 1 saturated carbocycles. The molecule has 8 nitrogen and oxygen atoms in total. The van der Waals surface area contributed by atoms with Crippen LogP contribution in [-0.4, -0.2) is 55.7 Å². The highest BCUT2D eigenvalue weighted by Gasteiger charge is 2.76. The molecule has 4 rings (SSSR count). The van der Waals surface area contributed by atoms with Crippen molar-refractivity contribution >= 4 is 17.5 Å². The predicted molar refractivity (Wildman–Crippen MR) is 103 cm³/mol. The van der Waals surface area contributed by atoms with Crippen LogP contribution in [0.15, 0.2) is 22.9 Å². The van der Waals surface area contributed by atoms with Gasteiger partial charge in [0.25, 0.3) is 0 Å². The summed E-state index contributed by atoms with van der Waals surface area (Å²) in [5, 5.41) is 11.9. The average Bonchev–Trinajstić information content (AvgIpc) is 2.68. The summed E-state index contributed by atoms with van der Waals surface area (Å²) in [4.78, 5) is 39.9. The van der Waals surface area contributed by atoms with Crippen molar-refractivity contribution in [3.63, 3.8) is 0 Å². The maximum absolute atomic E-state index is 13.7. The van der Waals surface area contributed by atoms with Gasteiger partial charge < -0.3 is 24.1 Å². The van der Waals surface area contributed by atoms with E-state index in [2.05, 4.69) is 0 Å². The number of esters is 1. The van der Waals surface area contributed by atoms with E-state index in [9.17, 15) is 19.5 Å². The van der Waals surface area contributed by atoms with Crippen molar-refractivity contribution in [2.45, 2.75) is 51.7 Å². The van der Waals surface area contributed by atoms with Gasteiger partial charge in [0.15, 0.2) is 11.5 Å². The number of carbonyl (C=O) groups is 3. The Morgan fingerprint density at radius 3 is 2.23 bits per heavy atom. The minimum absolute atomic E-state index is 0.00332. The summed E-state index contributed by atoms with van der Waals surface area (Å²) >= 11 is 0. The number of aliphatic hydroxyl groups is 1. The number of carbonyl (C=O) groups excluding carboxylic acids is 3. The normalized spacial score (nSPS) is 43.0. The summed E-state index contributed by atoms with van der Waals surface area (Å²) in [7, 11) is 4.23. The first kappa shape index (κ1) is 20.9. The van der Waals surface area contributed by atoms with Crippen LogP contribution in [0.4, 0.5) is 0 Å². The average molecular weight is 420 g/mol. The smallest absolute Gasteiger partial charge is 0.309 e. The number of methoxy groups -OCH3 is 3. The first-order chi connectivity index (χ1) is 14.0. The Hall–Kier alpha value is -2.35. The van der Waals surface area contributed by atoms with Crippen LogP contribution in [0.1, 0.15) is 40.0 Å². The molecule has 6 atom stereocenters. The lowest BCUT2D eigenvalue weighted by atomic mass is 9.39. The van der Waals surface area contributed by atoms with Gasteiger partial charge in [-0.1, -0.05) is 13.8 Å². The minimum Gasteiger partial charge on any atom is -0.497 e. The molecule has 1 N–H and O–H groups in total. The summed E-state index contributed by atoms with van der Waals surface area (Å²) in [6.07, 6.45) is -0.331. The molecule has 0 aromatic carbocycles. The SMILES string of the molecule is COC1=C(OC)C(=O)[C@@]2(C)[C@H](C1)C[C@H]1OC(=O)C[C@@]3(O)C(C)=C(OC)C(=O)[C@H]2[C@@]13C. The summed E-state index contributed by atoms with van der Waals surface area (Å²) in [5.41, 5.74) is -3.73. The van der Waals surface area contributed by atoms with Crippen molar-refractivity contribution in [1.82, 2.24) is 0 Å². The van der Waals surface area contributed by atoms with Crippen LogP contribution in [0.2, 0.25) is 0 Å². The van der Waals surface area contributed by atoms with Crippen LogP contribution in [0.25, 0.3) is 0 Å². The second kappa shape index (κ2) is 6.33. The molecule has 1 heterocycles. The molecule has 0 unspecified atom stereocenters. The van der Waals surface area contributed by atoms with Gasteiger partial charge in [-0.05, 0) is 19.3 Å². The second-order valence-corrected chi connectivity index (χ2v) is 9.16. The zero-order chi connectivity index (χ0) is 22.2. The van der Waals surface area contributed by atoms with Crippen molar-refractivity contribution in [3.05, 3.63) is 22.9 Å². The fraction of sp³-hybridized carbons (Fsp3) is 0.682. The van der Waals surface area contributed by atoms with Gasteiger partial charge in [0, 0.05) is 22.8 Å². The molecule has 8 heteroatoms. The van der Waals surface area contributed by atoms with E-state index < -0.39 is 34.4 Å². The molecule has 0 aromatic heterocycles. The summed E-state index contributed by atoms with van der Waals surface area (Å²) < 4.78 is 21.9. The third-order valence-electron chi connectivity index (χ3n) is 8.26. The number of ether oxygens (including phenoxy) is 4. The van der Waals surface area contributed by atoms with Gasteiger partial charge in [-0.3, -0.25) is 14.4 Å². The highest BCUT2D eigenvalue weighted by atomic mass is 16.6. The zero-order valence-electron chi connectivity index (χ0n) is 18.2. The number of rotatable bonds is 3. The van der Waals surface area contributed by atoms with Gasteiger partial charge in [-0.15, -0.1) is 0 Å². The van der Waals surface area contributed by atoms with Crippen molar-refractivity contribution in [1.29, 1.82) is 0 Å². The van der Waals surface area contributed by atoms with E-state index >= 15 is 0 Å². The van der Waals surface area contributed by atoms with Crippen molar-refractivity contribution < 1.29 is 38.4 Å². The minimum atomic E-state index is -1.66. The molecule has 2 fully saturated rings. The van der Waals surface area contributed by atoms with Crippen LogP contribution in [0.3, 0.4) is 0 Å². The molecule has 4 aliphatic rings. The van der Waals surface area contributed by atoms with E-state index in [1.54, 1.807) is 20.8 Å². The van der Waals surface area contributed by atoms with E-state index in [-0.39, 0.29) is 35.4 Å². The third kappa shape index (κ3) is 2.12. The number of hydrogen-bond donors (Lipinski definition) is 1. The van der Waals surface area contributed by atoms with E-state index in [1.165, 1.54) is 21.3 Å². The molecule has 30 heavy (non-hydrogen) atoms. The first-order valence-electron chi connectivity index (χ1n) is 10.1. The number of Topliss-reactive ketones (excluding diaryl/α,β-unsaturated/α-hetero) is 2. The number of hydrogen-bond acceptors (Lipinski definition) is 8. The summed E-state index contributed by atoms with van der Waals surface area (Å²) in [6.45, 7) is 5.11. The molecular formula is C22H28O8. The van der Waals surface area contributed by atoms with Gasteiger partial charge in [-0.25, -0.2) is 0 Å². The van der Waals surface area contributed by atoms with Gasteiger partial charge >= 0.3 is 5.97 Å². The van der Waals surface area contributed by atoms with Crippen LogP contribution in [0.5, 0.6) is 0 Å². The maximum Gasteiger partial charge on any atom is 0.309 e. The Kier molecular flexibility index (Phi) is 4.41. The highest BCUT2D eigenvalue weighted by Crippen LogP contribution is 2.68. The van der Waals surface area contributed by atoms with Crippen molar-refractivity contribution in [2.75, 3.05) is 21.3 Å². The molecule has 164 valence electrons. The lowest BCUT2D eigenvalue weighted by Crippen LogP contribution is -2.74. The van der Waals surface area contributed by atoms with Crippen LogP contribution < -0.4 is 0 Å². The van der Waals surface area contributed by atoms with E-state index in [4.69, 9.17) is 18.9 Å². The Bertz CT molecular complexity index is 916. The number of fused-ring (bicyclic) bond motifs is 2. The van der Waals surface area contributed by atoms with Crippen LogP contribution in [0, 0.1) is 22.7 Å². The summed E-state index contributed by atoms with van der Waals surface area (Å²) in [5.74, 6) is -2.02. The number of ketones is 2. The standard InChI is InChI=1S/C22H28O8/c1-10-16(28-5)15(24)18-20(2)11(7-12(27-4)17(29-6)19(20)25)8-13-21(18,3)22(10,26)9-14(23)30-13/h11,13,18,26H,7-9H2,1-6H3/t11-,13-,18-,20+,21-,22-/m1/s1. The molecular weight excluding hydrogens is 392 g/mol. The highest BCUT2D eigenvalue weighted by molar-refractivity contribution is 6.08. The number of allylic oxidation sites excluding steroid dienone is 3. The van der Waals surface area contributed by atoms with Gasteiger partial charge in [-0.2, -0.15) is 0 Å². The largest absolute Gasteiger partial charge is 0.497 e. The first-order valence-corrected chi connectivity index (χ1v) is 10.1. The molecule has 0 spiro atoms. The maximum atomic E-state index is 13.7. The molecule has 0 amide bonds. The zero-order valence-corrected chi connectivity index (χ0v) is 18.2. The molecule has 1 saturated heterocycles. The van der Waals surface area contributed by atoms with E-state index in [1.807, 2.05) is 0 Å².